The molecule has 0 aliphatic heterocycles. The summed E-state index contributed by atoms with van der Waals surface area (Å²) in [6.45, 7) is 2.07. The fraction of sp³-hybridized carbons (Fsp3) is 0.0769. The van der Waals surface area contributed by atoms with E-state index in [1.54, 1.807) is 11.3 Å². The number of hydrogen-bond acceptors (Lipinski definition) is 4. The smallest absolute Gasteiger partial charge is 0.189 e. The summed E-state index contributed by atoms with van der Waals surface area (Å²) in [4.78, 5) is 9.81. The highest BCUT2D eigenvalue weighted by Crippen LogP contribution is 2.28. The Hall–Kier alpha value is -1.46. The average molecular weight is 320 g/mol. The number of hydrogen-bond donors (Lipinski definition) is 1. The molecule has 18 heavy (non-hydrogen) atoms. The van der Waals surface area contributed by atoms with Crippen molar-refractivity contribution in [2.45, 2.75) is 6.92 Å². The van der Waals surface area contributed by atoms with Crippen LogP contribution < -0.4 is 5.32 Å². The minimum absolute atomic E-state index is 0.834. The van der Waals surface area contributed by atoms with Crippen molar-refractivity contribution in [3.8, 4) is 0 Å². The minimum Gasteiger partial charge on any atom is -0.331 e. The number of benzene rings is 1. The van der Waals surface area contributed by atoms with Crippen molar-refractivity contribution in [1.29, 1.82) is 0 Å². The zero-order chi connectivity index (χ0) is 12.5. The second-order valence-electron chi connectivity index (χ2n) is 3.97. The number of thiazole rings is 1. The highest BCUT2D eigenvalue weighted by Gasteiger charge is 2.05. The topological polar surface area (TPSA) is 37.8 Å². The van der Waals surface area contributed by atoms with E-state index in [2.05, 4.69) is 50.3 Å². The van der Waals surface area contributed by atoms with Gasteiger partial charge in [0, 0.05) is 5.69 Å². The fourth-order valence-electron chi connectivity index (χ4n) is 1.61. The predicted octanol–water partition coefficient (Wildman–Crippen LogP) is 4.51. The number of aryl methyl sites for hydroxylation is 1. The first-order valence-electron chi connectivity index (χ1n) is 5.47. The van der Waals surface area contributed by atoms with Gasteiger partial charge in [0.25, 0.3) is 0 Å². The minimum atomic E-state index is 0.834. The van der Waals surface area contributed by atoms with E-state index in [1.165, 1.54) is 5.56 Å². The number of halogens is 1. The van der Waals surface area contributed by atoms with Crippen LogP contribution in [0.3, 0.4) is 0 Å². The zero-order valence-electron chi connectivity index (χ0n) is 9.64. The molecule has 0 spiro atoms. The number of aromatic nitrogens is 2. The molecule has 2 heterocycles. The van der Waals surface area contributed by atoms with E-state index in [0.29, 0.717) is 0 Å². The van der Waals surface area contributed by atoms with E-state index in [1.807, 2.05) is 24.3 Å². The van der Waals surface area contributed by atoms with Crippen LogP contribution in [0.1, 0.15) is 5.56 Å². The summed E-state index contributed by atoms with van der Waals surface area (Å²) < 4.78 is 0.834. The molecule has 0 aliphatic carbocycles. The van der Waals surface area contributed by atoms with Crippen LogP contribution in [0.15, 0.2) is 41.0 Å². The third kappa shape index (κ3) is 2.37. The number of nitrogens with one attached hydrogen (secondary N) is 1. The van der Waals surface area contributed by atoms with Crippen LogP contribution in [-0.4, -0.2) is 9.97 Å². The van der Waals surface area contributed by atoms with Crippen LogP contribution in [0.2, 0.25) is 0 Å². The summed E-state index contributed by atoms with van der Waals surface area (Å²) in [5.41, 5.74) is 3.20. The van der Waals surface area contributed by atoms with Crippen molar-refractivity contribution < 1.29 is 0 Å². The van der Waals surface area contributed by atoms with Gasteiger partial charge in [0.05, 0.1) is 0 Å². The molecule has 0 atom stereocenters. The Kier molecular flexibility index (Phi) is 3.01. The first-order chi connectivity index (χ1) is 8.70. The van der Waals surface area contributed by atoms with E-state index >= 15 is 0 Å². The van der Waals surface area contributed by atoms with Gasteiger partial charge < -0.3 is 5.32 Å². The Morgan fingerprint density at radius 1 is 1.06 bits per heavy atom. The number of nitrogens with zero attached hydrogens (tertiary/aromatic N) is 2. The molecule has 0 radical (unpaired) electrons. The summed E-state index contributed by atoms with van der Waals surface area (Å²) in [7, 11) is 0. The van der Waals surface area contributed by atoms with Crippen molar-refractivity contribution in [3.63, 3.8) is 0 Å². The highest BCUT2D eigenvalue weighted by atomic mass is 79.9. The van der Waals surface area contributed by atoms with Crippen LogP contribution in [0.5, 0.6) is 0 Å². The molecule has 90 valence electrons. The average Bonchev–Trinajstić information content (AvgIpc) is 2.73. The Morgan fingerprint density at radius 2 is 1.83 bits per heavy atom. The van der Waals surface area contributed by atoms with E-state index in [0.717, 1.165) is 25.8 Å². The molecule has 0 fully saturated rings. The predicted molar refractivity (Wildman–Crippen MR) is 79.6 cm³/mol. The van der Waals surface area contributed by atoms with Crippen molar-refractivity contribution >= 4 is 48.4 Å². The van der Waals surface area contributed by atoms with Gasteiger partial charge in [-0.05, 0) is 47.1 Å². The Balaban J connectivity index is 1.92. The van der Waals surface area contributed by atoms with E-state index in [4.69, 9.17) is 0 Å². The number of pyridine rings is 1. The molecule has 3 rings (SSSR count). The molecule has 1 aromatic carbocycles. The molecule has 3 nitrogen and oxygen atoms in total. The second-order valence-corrected chi connectivity index (χ2v) is 5.76. The molecule has 0 saturated heterocycles. The molecule has 1 N–H and O–H groups in total. The zero-order valence-corrected chi connectivity index (χ0v) is 12.0. The molecule has 0 saturated carbocycles. The highest BCUT2D eigenvalue weighted by molar-refractivity contribution is 9.10. The summed E-state index contributed by atoms with van der Waals surface area (Å²) in [6.07, 6.45) is 0. The molecule has 0 unspecified atom stereocenters. The van der Waals surface area contributed by atoms with E-state index in [-0.39, 0.29) is 0 Å². The van der Waals surface area contributed by atoms with Gasteiger partial charge in [-0.15, -0.1) is 0 Å². The van der Waals surface area contributed by atoms with Gasteiger partial charge in [0.1, 0.15) is 15.0 Å². The van der Waals surface area contributed by atoms with Crippen molar-refractivity contribution in [2.75, 3.05) is 5.32 Å². The first-order valence-corrected chi connectivity index (χ1v) is 7.08. The van der Waals surface area contributed by atoms with Crippen LogP contribution in [0.25, 0.3) is 10.3 Å². The number of fused-ring (bicyclic) bond motifs is 1. The fourth-order valence-corrected chi connectivity index (χ4v) is 2.89. The molecule has 0 bridgehead atoms. The second kappa shape index (κ2) is 4.66. The SMILES string of the molecule is Cc1ccc(Nc2nc3ccc(Br)nc3s2)cc1. The van der Waals surface area contributed by atoms with Crippen LogP contribution in [0.4, 0.5) is 10.8 Å². The van der Waals surface area contributed by atoms with Gasteiger partial charge >= 0.3 is 0 Å². The normalized spacial score (nSPS) is 10.8. The summed E-state index contributed by atoms with van der Waals surface area (Å²) in [5.74, 6) is 0. The standard InChI is InChI=1S/C13H10BrN3S/c1-8-2-4-9(5-3-8)15-13-16-10-6-7-11(14)17-12(10)18-13/h2-7H,1H3,(H,15,16). The van der Waals surface area contributed by atoms with Gasteiger partial charge in [-0.1, -0.05) is 29.0 Å². The lowest BCUT2D eigenvalue weighted by Crippen LogP contribution is -1.88. The summed E-state index contributed by atoms with van der Waals surface area (Å²) in [5, 5.41) is 4.15. The lowest BCUT2D eigenvalue weighted by Gasteiger charge is -2.01. The quantitative estimate of drug-likeness (QED) is 0.706. The van der Waals surface area contributed by atoms with Gasteiger partial charge in [-0.2, -0.15) is 0 Å². The largest absolute Gasteiger partial charge is 0.331 e. The number of anilines is 2. The van der Waals surface area contributed by atoms with Gasteiger partial charge in [0.15, 0.2) is 5.13 Å². The van der Waals surface area contributed by atoms with Gasteiger partial charge in [-0.3, -0.25) is 0 Å². The molecule has 3 aromatic rings. The van der Waals surface area contributed by atoms with Crippen LogP contribution in [0, 0.1) is 6.92 Å². The molecular weight excluding hydrogens is 310 g/mol. The van der Waals surface area contributed by atoms with Gasteiger partial charge in [-0.25, -0.2) is 9.97 Å². The lowest BCUT2D eigenvalue weighted by atomic mass is 10.2. The molecule has 2 aromatic heterocycles. The summed E-state index contributed by atoms with van der Waals surface area (Å²) in [6, 6.07) is 12.1. The van der Waals surface area contributed by atoms with Crippen molar-refractivity contribution in [2.24, 2.45) is 0 Å². The third-order valence-corrected chi connectivity index (χ3v) is 3.85. The maximum Gasteiger partial charge on any atom is 0.189 e. The maximum absolute atomic E-state index is 4.50. The van der Waals surface area contributed by atoms with E-state index < -0.39 is 0 Å². The molecule has 0 aliphatic rings. The lowest BCUT2D eigenvalue weighted by molar-refractivity contribution is 1.35. The Labute approximate surface area is 117 Å². The van der Waals surface area contributed by atoms with E-state index in [9.17, 15) is 0 Å². The maximum atomic E-state index is 4.50. The molecular formula is C13H10BrN3S. The molecule has 0 amide bonds. The van der Waals surface area contributed by atoms with Crippen LogP contribution >= 0.6 is 27.3 Å². The third-order valence-electron chi connectivity index (χ3n) is 2.52. The Morgan fingerprint density at radius 3 is 2.61 bits per heavy atom. The summed E-state index contributed by atoms with van der Waals surface area (Å²) >= 11 is 4.91. The van der Waals surface area contributed by atoms with Gasteiger partial charge in [0.2, 0.25) is 0 Å². The monoisotopic (exact) mass is 319 g/mol. The van der Waals surface area contributed by atoms with Crippen LogP contribution in [-0.2, 0) is 0 Å². The first kappa shape index (κ1) is 11.6. The van der Waals surface area contributed by atoms with Crippen molar-refractivity contribution in [1.82, 2.24) is 9.97 Å². The molecule has 5 heteroatoms. The Bertz CT molecular complexity index is 691. The van der Waals surface area contributed by atoms with Crippen molar-refractivity contribution in [3.05, 3.63) is 46.6 Å². The number of rotatable bonds is 2.